The summed E-state index contributed by atoms with van der Waals surface area (Å²) in [4.78, 5) is 28.3. The molecule has 6 heteroatoms. The predicted octanol–water partition coefficient (Wildman–Crippen LogP) is 5.29. The van der Waals surface area contributed by atoms with Gasteiger partial charge in [0.2, 0.25) is 5.91 Å². The van der Waals surface area contributed by atoms with Gasteiger partial charge in [0, 0.05) is 21.5 Å². The van der Waals surface area contributed by atoms with Gasteiger partial charge in [0.1, 0.15) is 0 Å². The van der Waals surface area contributed by atoms with Gasteiger partial charge in [-0.15, -0.1) is 11.8 Å². The van der Waals surface area contributed by atoms with E-state index in [-0.39, 0.29) is 17.9 Å². The van der Waals surface area contributed by atoms with E-state index in [0.717, 1.165) is 35.4 Å². The van der Waals surface area contributed by atoms with E-state index in [0.29, 0.717) is 28.8 Å². The van der Waals surface area contributed by atoms with Crippen LogP contribution in [0.15, 0.2) is 47.4 Å². The van der Waals surface area contributed by atoms with Crippen molar-refractivity contribution in [1.29, 1.82) is 0 Å². The number of hydrogen-bond donors (Lipinski definition) is 1. The lowest BCUT2D eigenvalue weighted by atomic mass is 9.86. The van der Waals surface area contributed by atoms with E-state index in [9.17, 15) is 9.59 Å². The molecule has 2 aromatic carbocycles. The van der Waals surface area contributed by atoms with Gasteiger partial charge in [-0.2, -0.15) is 0 Å². The predicted molar refractivity (Wildman–Crippen MR) is 119 cm³/mol. The second kappa shape index (κ2) is 8.80. The zero-order valence-electron chi connectivity index (χ0n) is 16.5. The smallest absolute Gasteiger partial charge is 0.251 e. The molecule has 0 radical (unpaired) electrons. The molecular formula is C23H25ClN2O2S. The third kappa shape index (κ3) is 4.62. The number of rotatable bonds is 4. The zero-order valence-corrected chi connectivity index (χ0v) is 18.1. The van der Waals surface area contributed by atoms with Gasteiger partial charge in [0.25, 0.3) is 5.91 Å². The molecule has 152 valence electrons. The molecule has 4 nitrogen and oxygen atoms in total. The molecule has 29 heavy (non-hydrogen) atoms. The molecule has 1 fully saturated rings. The summed E-state index contributed by atoms with van der Waals surface area (Å²) in [7, 11) is 0. The number of carbonyl (C=O) groups is 2. The van der Waals surface area contributed by atoms with Gasteiger partial charge in [-0.25, -0.2) is 0 Å². The summed E-state index contributed by atoms with van der Waals surface area (Å²) in [5, 5.41) is 3.86. The van der Waals surface area contributed by atoms with Gasteiger partial charge in [-0.3, -0.25) is 9.59 Å². The highest BCUT2D eigenvalue weighted by Crippen LogP contribution is 2.37. The maximum atomic E-state index is 12.9. The van der Waals surface area contributed by atoms with Crippen LogP contribution in [-0.2, 0) is 11.3 Å². The van der Waals surface area contributed by atoms with Gasteiger partial charge >= 0.3 is 0 Å². The highest BCUT2D eigenvalue weighted by Gasteiger charge is 2.27. The number of thioether (sulfide) groups is 1. The van der Waals surface area contributed by atoms with Crippen LogP contribution in [0.2, 0.25) is 5.02 Å². The summed E-state index contributed by atoms with van der Waals surface area (Å²) in [6, 6.07) is 13.4. The van der Waals surface area contributed by atoms with Crippen LogP contribution < -0.4 is 10.2 Å². The van der Waals surface area contributed by atoms with Crippen molar-refractivity contribution in [3.63, 3.8) is 0 Å². The number of nitrogens with one attached hydrogen (secondary N) is 1. The molecule has 0 aromatic heterocycles. The lowest BCUT2D eigenvalue weighted by Gasteiger charge is -2.31. The second-order valence-corrected chi connectivity index (χ2v) is 9.38. The molecule has 0 spiro atoms. The summed E-state index contributed by atoms with van der Waals surface area (Å²) < 4.78 is 0. The molecule has 1 heterocycles. The Kier molecular flexibility index (Phi) is 6.16. The van der Waals surface area contributed by atoms with E-state index in [4.69, 9.17) is 11.6 Å². The first kappa shape index (κ1) is 20.3. The van der Waals surface area contributed by atoms with E-state index in [2.05, 4.69) is 12.2 Å². The normalized spacial score (nSPS) is 21.6. The molecule has 1 N–H and O–H groups in total. The van der Waals surface area contributed by atoms with Crippen molar-refractivity contribution < 1.29 is 9.59 Å². The zero-order chi connectivity index (χ0) is 20.4. The van der Waals surface area contributed by atoms with Crippen molar-refractivity contribution in [3.05, 3.63) is 58.6 Å². The molecule has 2 atom stereocenters. The minimum Gasteiger partial charge on any atom is -0.349 e. The molecule has 2 aliphatic rings. The second-order valence-electron chi connectivity index (χ2n) is 7.92. The standard InChI is InChI=1S/C23H25ClN2O2S/c1-15-5-2-3-8-19(15)25-23(28)17-9-10-21-20(12-17)26(22(27)14-29-21)13-16-6-4-7-18(24)11-16/h4,6-7,9-12,15,19H,2-3,5,8,13-14H2,1H3,(H,25,28)/t15-,19+/m0/s1. The van der Waals surface area contributed by atoms with Crippen molar-refractivity contribution in [2.75, 3.05) is 10.7 Å². The fourth-order valence-corrected chi connectivity index (χ4v) is 5.25. The third-order valence-corrected chi connectivity index (χ3v) is 7.10. The number of carbonyl (C=O) groups excluding carboxylic acids is 2. The van der Waals surface area contributed by atoms with Crippen LogP contribution in [0.5, 0.6) is 0 Å². The third-order valence-electron chi connectivity index (χ3n) is 5.82. The Balaban J connectivity index is 1.57. The maximum absolute atomic E-state index is 12.9. The van der Waals surface area contributed by atoms with Crippen molar-refractivity contribution in [2.45, 2.75) is 50.1 Å². The molecule has 1 aliphatic carbocycles. The highest BCUT2D eigenvalue weighted by atomic mass is 35.5. The Hall–Kier alpha value is -1.98. The Morgan fingerprint density at radius 1 is 1.21 bits per heavy atom. The number of amides is 2. The van der Waals surface area contributed by atoms with Crippen molar-refractivity contribution in [2.24, 2.45) is 5.92 Å². The minimum absolute atomic E-state index is 0.0425. The summed E-state index contributed by atoms with van der Waals surface area (Å²) in [5.74, 6) is 0.888. The molecule has 1 aliphatic heterocycles. The van der Waals surface area contributed by atoms with Crippen LogP contribution in [0.25, 0.3) is 0 Å². The number of benzene rings is 2. The van der Waals surface area contributed by atoms with E-state index in [1.807, 2.05) is 42.5 Å². The summed E-state index contributed by atoms with van der Waals surface area (Å²) in [6.45, 7) is 2.65. The van der Waals surface area contributed by atoms with E-state index >= 15 is 0 Å². The Labute approximate surface area is 181 Å². The first-order valence-corrected chi connectivity index (χ1v) is 11.5. The van der Waals surface area contributed by atoms with Gasteiger partial charge < -0.3 is 10.2 Å². The average Bonchev–Trinajstić information content (AvgIpc) is 2.71. The molecule has 0 saturated heterocycles. The van der Waals surface area contributed by atoms with Crippen LogP contribution in [-0.4, -0.2) is 23.6 Å². The van der Waals surface area contributed by atoms with E-state index in [1.165, 1.54) is 18.2 Å². The van der Waals surface area contributed by atoms with Crippen molar-refractivity contribution in [1.82, 2.24) is 5.32 Å². The van der Waals surface area contributed by atoms with Gasteiger partial charge in [0.15, 0.2) is 0 Å². The van der Waals surface area contributed by atoms with E-state index in [1.54, 1.807) is 4.90 Å². The minimum atomic E-state index is -0.0581. The molecule has 4 rings (SSSR count). The van der Waals surface area contributed by atoms with E-state index < -0.39 is 0 Å². The lowest BCUT2D eigenvalue weighted by molar-refractivity contribution is -0.116. The fraction of sp³-hybridized carbons (Fsp3) is 0.391. The van der Waals surface area contributed by atoms with Crippen LogP contribution >= 0.6 is 23.4 Å². The van der Waals surface area contributed by atoms with Crippen LogP contribution in [0.3, 0.4) is 0 Å². The molecule has 1 saturated carbocycles. The summed E-state index contributed by atoms with van der Waals surface area (Å²) >= 11 is 7.63. The molecule has 2 amide bonds. The number of halogens is 1. The van der Waals surface area contributed by atoms with Crippen molar-refractivity contribution in [3.8, 4) is 0 Å². The van der Waals surface area contributed by atoms with Gasteiger partial charge in [-0.1, -0.05) is 43.5 Å². The maximum Gasteiger partial charge on any atom is 0.251 e. The number of fused-ring (bicyclic) bond motifs is 1. The summed E-state index contributed by atoms with van der Waals surface area (Å²) in [6.07, 6.45) is 4.60. The molecule has 2 aromatic rings. The Morgan fingerprint density at radius 2 is 2.03 bits per heavy atom. The first-order valence-electron chi connectivity index (χ1n) is 10.1. The number of hydrogen-bond acceptors (Lipinski definition) is 3. The first-order chi connectivity index (χ1) is 14.0. The van der Waals surface area contributed by atoms with Gasteiger partial charge in [-0.05, 0) is 54.7 Å². The van der Waals surface area contributed by atoms with Crippen molar-refractivity contribution >= 4 is 40.9 Å². The highest BCUT2D eigenvalue weighted by molar-refractivity contribution is 8.00. The average molecular weight is 429 g/mol. The van der Waals surface area contributed by atoms with Gasteiger partial charge in [0.05, 0.1) is 18.0 Å². The summed E-state index contributed by atoms with van der Waals surface area (Å²) in [5.41, 5.74) is 2.37. The SMILES string of the molecule is C[C@H]1CCCC[C@H]1NC(=O)c1ccc2c(c1)N(Cc1cccc(Cl)c1)C(=O)CS2. The monoisotopic (exact) mass is 428 g/mol. The fourth-order valence-electron chi connectivity index (χ4n) is 4.12. The van der Waals surface area contributed by atoms with Crippen LogP contribution in [0, 0.1) is 5.92 Å². The van der Waals surface area contributed by atoms with Crippen LogP contribution in [0.4, 0.5) is 5.69 Å². The molecular weight excluding hydrogens is 404 g/mol. The molecule has 0 bridgehead atoms. The Bertz CT molecular complexity index is 933. The number of nitrogens with zero attached hydrogens (tertiary/aromatic N) is 1. The van der Waals surface area contributed by atoms with Crippen LogP contribution in [0.1, 0.15) is 48.5 Å². The number of anilines is 1. The lowest BCUT2D eigenvalue weighted by Crippen LogP contribution is -2.41. The molecule has 0 unspecified atom stereocenters. The Morgan fingerprint density at radius 3 is 2.83 bits per heavy atom. The largest absolute Gasteiger partial charge is 0.349 e. The quantitative estimate of drug-likeness (QED) is 0.719. The topological polar surface area (TPSA) is 49.4 Å².